The van der Waals surface area contributed by atoms with Crippen LogP contribution in [0.2, 0.25) is 0 Å². The lowest BCUT2D eigenvalue weighted by molar-refractivity contribution is 0.566. The van der Waals surface area contributed by atoms with E-state index in [9.17, 15) is 0 Å². The first-order valence-corrected chi connectivity index (χ1v) is 5.95. The Balaban J connectivity index is 2.23. The van der Waals surface area contributed by atoms with Crippen LogP contribution in [0.15, 0.2) is 42.5 Å². The summed E-state index contributed by atoms with van der Waals surface area (Å²) in [5, 5.41) is 6.02. The molecule has 16 heavy (non-hydrogen) atoms. The van der Waals surface area contributed by atoms with Gasteiger partial charge >= 0.3 is 0 Å². The third-order valence-electron chi connectivity index (χ3n) is 3.22. The van der Waals surface area contributed by atoms with E-state index in [-0.39, 0.29) is 0 Å². The summed E-state index contributed by atoms with van der Waals surface area (Å²) in [6.45, 7) is 2.23. The van der Waals surface area contributed by atoms with Crippen molar-refractivity contribution in [3.05, 3.63) is 48.0 Å². The number of aryl methyl sites for hydroxylation is 1. The Bertz CT molecular complexity index is 456. The molecular weight excluding hydrogens is 194 g/mol. The Labute approximate surface area is 97.5 Å². The molecule has 0 saturated heterocycles. The van der Waals surface area contributed by atoms with Crippen LogP contribution in [0.4, 0.5) is 0 Å². The predicted molar refractivity (Wildman–Crippen MR) is 70.8 cm³/mol. The molecule has 2 rings (SSSR count). The average Bonchev–Trinajstić information content (AvgIpc) is 2.35. The molecule has 0 heterocycles. The predicted octanol–water partition coefficient (Wildman–Crippen LogP) is 3.38. The Morgan fingerprint density at radius 3 is 2.62 bits per heavy atom. The van der Waals surface area contributed by atoms with E-state index in [0.717, 1.165) is 6.42 Å². The topological polar surface area (TPSA) is 12.0 Å². The normalized spacial score (nSPS) is 12.9. The van der Waals surface area contributed by atoms with Crippen LogP contribution in [-0.2, 0) is 6.42 Å². The minimum Gasteiger partial charge on any atom is -0.317 e. The molecule has 1 N–H and O–H groups in total. The molecule has 0 radical (unpaired) electrons. The molecule has 1 atom stereocenters. The lowest BCUT2D eigenvalue weighted by Crippen LogP contribution is -2.21. The summed E-state index contributed by atoms with van der Waals surface area (Å²) < 4.78 is 0. The highest BCUT2D eigenvalue weighted by Gasteiger charge is 2.02. The Hall–Kier alpha value is -1.34. The van der Waals surface area contributed by atoms with E-state index >= 15 is 0 Å². The molecule has 0 amide bonds. The van der Waals surface area contributed by atoms with Gasteiger partial charge in [-0.25, -0.2) is 0 Å². The maximum atomic E-state index is 3.28. The highest BCUT2D eigenvalue weighted by Crippen LogP contribution is 2.19. The second-order valence-corrected chi connectivity index (χ2v) is 4.37. The summed E-state index contributed by atoms with van der Waals surface area (Å²) in [6.07, 6.45) is 2.33. The molecule has 0 aromatic heterocycles. The van der Waals surface area contributed by atoms with Crippen molar-refractivity contribution >= 4 is 10.8 Å². The van der Waals surface area contributed by atoms with Crippen LogP contribution in [0.25, 0.3) is 10.8 Å². The van der Waals surface area contributed by atoms with E-state index in [1.807, 2.05) is 7.05 Å². The van der Waals surface area contributed by atoms with Crippen molar-refractivity contribution in [2.75, 3.05) is 7.05 Å². The standard InChI is InChI=1S/C15H19N/c1-12(16-2)10-11-14-8-5-7-13-6-3-4-9-15(13)14/h3-9,12,16H,10-11H2,1-2H3. The molecule has 1 heteroatoms. The van der Waals surface area contributed by atoms with Gasteiger partial charge in [-0.1, -0.05) is 42.5 Å². The molecular formula is C15H19N. The summed E-state index contributed by atoms with van der Waals surface area (Å²) in [4.78, 5) is 0. The van der Waals surface area contributed by atoms with Crippen LogP contribution in [0.1, 0.15) is 18.9 Å². The molecule has 1 unspecified atom stereocenters. The van der Waals surface area contributed by atoms with E-state index in [1.165, 1.54) is 22.8 Å². The van der Waals surface area contributed by atoms with Crippen molar-refractivity contribution in [1.29, 1.82) is 0 Å². The van der Waals surface area contributed by atoms with Crippen LogP contribution in [-0.4, -0.2) is 13.1 Å². The van der Waals surface area contributed by atoms with E-state index < -0.39 is 0 Å². The molecule has 0 aliphatic carbocycles. The van der Waals surface area contributed by atoms with E-state index in [1.54, 1.807) is 0 Å². The fourth-order valence-corrected chi connectivity index (χ4v) is 2.03. The van der Waals surface area contributed by atoms with E-state index in [4.69, 9.17) is 0 Å². The molecule has 2 aromatic rings. The second kappa shape index (κ2) is 5.13. The van der Waals surface area contributed by atoms with Gasteiger partial charge in [0.05, 0.1) is 0 Å². The quantitative estimate of drug-likeness (QED) is 0.821. The van der Waals surface area contributed by atoms with Gasteiger partial charge in [-0.15, -0.1) is 0 Å². The summed E-state index contributed by atoms with van der Waals surface area (Å²) in [7, 11) is 2.02. The minimum atomic E-state index is 0.582. The Morgan fingerprint density at radius 2 is 1.81 bits per heavy atom. The lowest BCUT2D eigenvalue weighted by atomic mass is 9.99. The van der Waals surface area contributed by atoms with Crippen LogP contribution >= 0.6 is 0 Å². The second-order valence-electron chi connectivity index (χ2n) is 4.37. The van der Waals surface area contributed by atoms with Gasteiger partial charge in [-0.05, 0) is 43.1 Å². The van der Waals surface area contributed by atoms with Gasteiger partial charge in [0.1, 0.15) is 0 Å². The molecule has 0 spiro atoms. The number of benzene rings is 2. The number of fused-ring (bicyclic) bond motifs is 1. The van der Waals surface area contributed by atoms with Gasteiger partial charge in [-0.2, -0.15) is 0 Å². The van der Waals surface area contributed by atoms with Crippen molar-refractivity contribution in [3.63, 3.8) is 0 Å². The molecule has 2 aromatic carbocycles. The fraction of sp³-hybridized carbons (Fsp3) is 0.333. The molecule has 1 nitrogen and oxygen atoms in total. The average molecular weight is 213 g/mol. The van der Waals surface area contributed by atoms with Gasteiger partial charge in [0.2, 0.25) is 0 Å². The maximum absolute atomic E-state index is 3.28. The van der Waals surface area contributed by atoms with Crippen molar-refractivity contribution in [2.24, 2.45) is 0 Å². The largest absolute Gasteiger partial charge is 0.317 e. The Morgan fingerprint density at radius 1 is 1.06 bits per heavy atom. The number of nitrogens with one attached hydrogen (secondary N) is 1. The van der Waals surface area contributed by atoms with Crippen LogP contribution in [0.5, 0.6) is 0 Å². The number of rotatable bonds is 4. The SMILES string of the molecule is CNC(C)CCc1cccc2ccccc12. The third kappa shape index (κ3) is 2.42. The summed E-state index contributed by atoms with van der Waals surface area (Å²) >= 11 is 0. The van der Waals surface area contributed by atoms with E-state index in [0.29, 0.717) is 6.04 Å². The first-order valence-electron chi connectivity index (χ1n) is 5.95. The fourth-order valence-electron chi connectivity index (χ4n) is 2.03. The van der Waals surface area contributed by atoms with Gasteiger partial charge in [-0.3, -0.25) is 0 Å². The monoisotopic (exact) mass is 213 g/mol. The van der Waals surface area contributed by atoms with Crippen molar-refractivity contribution in [2.45, 2.75) is 25.8 Å². The third-order valence-corrected chi connectivity index (χ3v) is 3.22. The van der Waals surface area contributed by atoms with E-state index in [2.05, 4.69) is 54.7 Å². The molecule has 0 fully saturated rings. The lowest BCUT2D eigenvalue weighted by Gasteiger charge is -2.11. The van der Waals surface area contributed by atoms with Gasteiger partial charge in [0.15, 0.2) is 0 Å². The molecule has 0 aliphatic heterocycles. The summed E-state index contributed by atoms with van der Waals surface area (Å²) in [5.41, 5.74) is 1.46. The summed E-state index contributed by atoms with van der Waals surface area (Å²) in [6, 6.07) is 15.8. The smallest absolute Gasteiger partial charge is 0.00388 e. The van der Waals surface area contributed by atoms with Gasteiger partial charge in [0.25, 0.3) is 0 Å². The number of hydrogen-bond donors (Lipinski definition) is 1. The molecule has 0 aliphatic rings. The van der Waals surface area contributed by atoms with Crippen LogP contribution in [0, 0.1) is 0 Å². The van der Waals surface area contributed by atoms with Crippen LogP contribution < -0.4 is 5.32 Å². The number of hydrogen-bond acceptors (Lipinski definition) is 1. The first kappa shape index (κ1) is 11.2. The molecule has 0 bridgehead atoms. The van der Waals surface area contributed by atoms with Crippen LogP contribution in [0.3, 0.4) is 0 Å². The molecule has 0 saturated carbocycles. The Kier molecular flexibility index (Phi) is 3.58. The molecule has 84 valence electrons. The highest BCUT2D eigenvalue weighted by atomic mass is 14.8. The van der Waals surface area contributed by atoms with Gasteiger partial charge < -0.3 is 5.32 Å². The zero-order valence-corrected chi connectivity index (χ0v) is 10.0. The maximum Gasteiger partial charge on any atom is 0.00388 e. The zero-order chi connectivity index (χ0) is 11.4. The van der Waals surface area contributed by atoms with Crippen molar-refractivity contribution in [3.8, 4) is 0 Å². The zero-order valence-electron chi connectivity index (χ0n) is 10.0. The summed E-state index contributed by atoms with van der Waals surface area (Å²) in [5.74, 6) is 0. The van der Waals surface area contributed by atoms with Gasteiger partial charge in [0, 0.05) is 6.04 Å². The minimum absolute atomic E-state index is 0.582. The van der Waals surface area contributed by atoms with Crippen molar-refractivity contribution in [1.82, 2.24) is 5.32 Å². The first-order chi connectivity index (χ1) is 7.81. The van der Waals surface area contributed by atoms with Crippen molar-refractivity contribution < 1.29 is 0 Å². The highest BCUT2D eigenvalue weighted by molar-refractivity contribution is 5.85.